The molecular formula is C21H21N5O5S2. The second kappa shape index (κ2) is 8.58. The lowest BCUT2D eigenvalue weighted by Gasteiger charge is -2.34. The predicted octanol–water partition coefficient (Wildman–Crippen LogP) is 0.518. The lowest BCUT2D eigenvalue weighted by atomic mass is 10.2. The van der Waals surface area contributed by atoms with Crippen LogP contribution >= 0.6 is 0 Å². The van der Waals surface area contributed by atoms with Gasteiger partial charge in [-0.2, -0.15) is 9.57 Å². The molecule has 172 valence electrons. The lowest BCUT2D eigenvalue weighted by Crippen LogP contribution is -2.52. The monoisotopic (exact) mass is 487 g/mol. The van der Waals surface area contributed by atoms with Crippen LogP contribution in [0.15, 0.2) is 63.3 Å². The van der Waals surface area contributed by atoms with E-state index in [2.05, 4.69) is 9.71 Å². The SMILES string of the molecule is C[C@H](N=C1NS(=O)(=O)c2ccccc21)C(=O)N1CCN(S(=O)(=O)c2ccccc2C#N)CC1. The summed E-state index contributed by atoms with van der Waals surface area (Å²) >= 11 is 0. The summed E-state index contributed by atoms with van der Waals surface area (Å²) in [5.41, 5.74) is 0.476. The number of carbonyl (C=O) groups is 1. The maximum Gasteiger partial charge on any atom is 0.263 e. The van der Waals surface area contributed by atoms with Crippen molar-refractivity contribution in [2.45, 2.75) is 22.8 Å². The molecule has 0 bridgehead atoms. The van der Waals surface area contributed by atoms with E-state index in [0.717, 1.165) is 0 Å². The second-order valence-electron chi connectivity index (χ2n) is 7.59. The number of hydrogen-bond donors (Lipinski definition) is 1. The Balaban J connectivity index is 1.46. The molecule has 2 aliphatic rings. The minimum Gasteiger partial charge on any atom is -0.338 e. The first-order valence-electron chi connectivity index (χ1n) is 10.1. The molecule has 1 amide bonds. The Hall–Kier alpha value is -3.27. The van der Waals surface area contributed by atoms with E-state index in [0.29, 0.717) is 5.56 Å². The van der Waals surface area contributed by atoms with Crippen LogP contribution in [-0.2, 0) is 24.8 Å². The van der Waals surface area contributed by atoms with E-state index in [1.807, 2.05) is 6.07 Å². The van der Waals surface area contributed by atoms with E-state index < -0.39 is 26.1 Å². The minimum atomic E-state index is -3.87. The zero-order chi connectivity index (χ0) is 23.8. The van der Waals surface area contributed by atoms with Crippen molar-refractivity contribution >= 4 is 31.8 Å². The summed E-state index contributed by atoms with van der Waals surface area (Å²) in [5, 5.41) is 9.23. The van der Waals surface area contributed by atoms with Gasteiger partial charge >= 0.3 is 0 Å². The Labute approximate surface area is 192 Å². The molecule has 33 heavy (non-hydrogen) atoms. The number of fused-ring (bicyclic) bond motifs is 1. The molecule has 0 radical (unpaired) electrons. The van der Waals surface area contributed by atoms with E-state index >= 15 is 0 Å². The van der Waals surface area contributed by atoms with Crippen molar-refractivity contribution in [3.63, 3.8) is 0 Å². The van der Waals surface area contributed by atoms with Crippen LogP contribution in [0.2, 0.25) is 0 Å². The summed E-state index contributed by atoms with van der Waals surface area (Å²) in [5.74, 6) is -0.221. The number of hydrogen-bond acceptors (Lipinski definition) is 7. The van der Waals surface area contributed by atoms with Crippen molar-refractivity contribution in [1.82, 2.24) is 13.9 Å². The molecule has 0 spiro atoms. The number of nitrogens with one attached hydrogen (secondary N) is 1. The number of benzene rings is 2. The summed E-state index contributed by atoms with van der Waals surface area (Å²) in [6, 6.07) is 13.4. The number of rotatable bonds is 4. The largest absolute Gasteiger partial charge is 0.338 e. The number of nitriles is 1. The maximum absolute atomic E-state index is 13.0. The molecule has 2 aromatic carbocycles. The van der Waals surface area contributed by atoms with Gasteiger partial charge < -0.3 is 4.90 Å². The quantitative estimate of drug-likeness (QED) is 0.667. The molecule has 10 nitrogen and oxygen atoms in total. The van der Waals surface area contributed by atoms with Crippen molar-refractivity contribution in [3.8, 4) is 6.07 Å². The summed E-state index contributed by atoms with van der Waals surface area (Å²) < 4.78 is 54.1. The summed E-state index contributed by atoms with van der Waals surface area (Å²) in [4.78, 5) is 18.8. The van der Waals surface area contributed by atoms with Crippen LogP contribution in [0.4, 0.5) is 0 Å². The Morgan fingerprint density at radius 3 is 2.42 bits per heavy atom. The highest BCUT2D eigenvalue weighted by molar-refractivity contribution is 7.90. The van der Waals surface area contributed by atoms with Crippen LogP contribution in [0.3, 0.4) is 0 Å². The lowest BCUT2D eigenvalue weighted by molar-refractivity contribution is -0.133. The van der Waals surface area contributed by atoms with Gasteiger partial charge in [0.15, 0.2) is 0 Å². The van der Waals surface area contributed by atoms with Crippen molar-refractivity contribution < 1.29 is 21.6 Å². The van der Waals surface area contributed by atoms with Gasteiger partial charge in [-0.1, -0.05) is 24.3 Å². The third-order valence-electron chi connectivity index (χ3n) is 5.52. The zero-order valence-electron chi connectivity index (χ0n) is 17.7. The van der Waals surface area contributed by atoms with Gasteiger partial charge in [-0.25, -0.2) is 16.8 Å². The number of sulfonamides is 2. The molecule has 1 N–H and O–H groups in total. The zero-order valence-corrected chi connectivity index (χ0v) is 19.3. The highest BCUT2D eigenvalue weighted by atomic mass is 32.2. The van der Waals surface area contributed by atoms with Crippen LogP contribution in [0.5, 0.6) is 0 Å². The van der Waals surface area contributed by atoms with E-state index in [1.165, 1.54) is 27.4 Å². The topological polar surface area (TPSA) is 140 Å². The molecular weight excluding hydrogens is 466 g/mol. The minimum absolute atomic E-state index is 0.0563. The Bertz CT molecular complexity index is 1390. The fourth-order valence-electron chi connectivity index (χ4n) is 3.81. The molecule has 0 unspecified atom stereocenters. The molecule has 0 aromatic heterocycles. The van der Waals surface area contributed by atoms with E-state index in [4.69, 9.17) is 0 Å². The fourth-order valence-corrected chi connectivity index (χ4v) is 6.62. The molecule has 1 fully saturated rings. The number of amidine groups is 1. The van der Waals surface area contributed by atoms with Crippen LogP contribution in [0.25, 0.3) is 0 Å². The molecule has 0 aliphatic carbocycles. The van der Waals surface area contributed by atoms with Crippen LogP contribution in [-0.4, -0.2) is 70.0 Å². The standard InChI is InChI=1S/C21H21N5O5S2/c1-15(23-20-17-7-3-5-9-19(17)32(28,29)24-20)21(27)25-10-12-26(13-11-25)33(30,31)18-8-4-2-6-16(18)14-22/h2-9,15H,10-13H2,1H3,(H,23,24)/t15-/m0/s1. The van der Waals surface area contributed by atoms with Crippen molar-refractivity contribution in [2.75, 3.05) is 26.2 Å². The molecule has 2 heterocycles. The smallest absolute Gasteiger partial charge is 0.263 e. The first-order valence-corrected chi connectivity index (χ1v) is 13.1. The van der Waals surface area contributed by atoms with Crippen LogP contribution in [0, 0.1) is 11.3 Å². The van der Waals surface area contributed by atoms with E-state index in [9.17, 15) is 26.9 Å². The van der Waals surface area contributed by atoms with Gasteiger partial charge in [0.25, 0.3) is 10.0 Å². The van der Waals surface area contributed by atoms with Gasteiger partial charge in [-0.15, -0.1) is 0 Å². The van der Waals surface area contributed by atoms with Gasteiger partial charge in [0.2, 0.25) is 15.9 Å². The predicted molar refractivity (Wildman–Crippen MR) is 119 cm³/mol. The molecule has 0 saturated carbocycles. The average molecular weight is 488 g/mol. The molecule has 2 aliphatic heterocycles. The first-order chi connectivity index (χ1) is 15.6. The highest BCUT2D eigenvalue weighted by Crippen LogP contribution is 2.24. The van der Waals surface area contributed by atoms with Crippen LogP contribution in [0.1, 0.15) is 18.1 Å². The van der Waals surface area contributed by atoms with Crippen LogP contribution < -0.4 is 4.72 Å². The van der Waals surface area contributed by atoms with Gasteiger partial charge in [0, 0.05) is 31.7 Å². The molecule has 4 rings (SSSR count). The summed E-state index contributed by atoms with van der Waals surface area (Å²) in [6.45, 7) is 2.03. The fraction of sp³-hybridized carbons (Fsp3) is 0.286. The first kappa shape index (κ1) is 22.9. The molecule has 2 aromatic rings. The Morgan fingerprint density at radius 2 is 1.73 bits per heavy atom. The van der Waals surface area contributed by atoms with Gasteiger partial charge in [0.05, 0.1) is 15.4 Å². The molecule has 1 saturated heterocycles. The number of amides is 1. The number of aliphatic imine (C=N–C) groups is 1. The van der Waals surface area contributed by atoms with Crippen molar-refractivity contribution in [3.05, 3.63) is 59.7 Å². The Morgan fingerprint density at radius 1 is 1.09 bits per heavy atom. The molecule has 1 atom stereocenters. The third-order valence-corrected chi connectivity index (χ3v) is 8.87. The van der Waals surface area contributed by atoms with Crippen molar-refractivity contribution in [1.29, 1.82) is 5.26 Å². The van der Waals surface area contributed by atoms with Gasteiger partial charge in [-0.3, -0.25) is 14.5 Å². The number of nitrogens with zero attached hydrogens (tertiary/aromatic N) is 4. The molecule has 12 heteroatoms. The number of carbonyl (C=O) groups excluding carboxylic acids is 1. The number of piperazine rings is 1. The third kappa shape index (κ3) is 4.22. The van der Waals surface area contributed by atoms with E-state index in [1.54, 1.807) is 37.3 Å². The maximum atomic E-state index is 13.0. The van der Waals surface area contributed by atoms with Gasteiger partial charge in [0.1, 0.15) is 17.9 Å². The normalized spacial score (nSPS) is 20.0. The summed E-state index contributed by atoms with van der Waals surface area (Å²) in [6.07, 6.45) is 0. The van der Waals surface area contributed by atoms with E-state index in [-0.39, 0.29) is 53.3 Å². The van der Waals surface area contributed by atoms with Crippen molar-refractivity contribution in [2.24, 2.45) is 4.99 Å². The highest BCUT2D eigenvalue weighted by Gasteiger charge is 2.34. The average Bonchev–Trinajstić information content (AvgIpc) is 3.08. The van der Waals surface area contributed by atoms with Gasteiger partial charge in [-0.05, 0) is 31.2 Å². The second-order valence-corrected chi connectivity index (χ2v) is 11.1. The summed E-state index contributed by atoms with van der Waals surface area (Å²) in [7, 11) is -7.58. The Kier molecular flexibility index (Phi) is 5.96.